The Balaban J connectivity index is 2.69. The molecule has 1 aliphatic heterocycles. The van der Waals surface area contributed by atoms with Crippen molar-refractivity contribution in [2.24, 2.45) is 0 Å². The number of hydrogen-bond donors (Lipinski definition) is 1. The van der Waals surface area contributed by atoms with Gasteiger partial charge in [-0.05, 0) is 0 Å². The van der Waals surface area contributed by atoms with Gasteiger partial charge in [0.15, 0.2) is 0 Å². The van der Waals surface area contributed by atoms with Crippen molar-refractivity contribution in [2.45, 2.75) is 0 Å². The van der Waals surface area contributed by atoms with Crippen LogP contribution in [0.4, 0.5) is 0 Å². The zero-order valence-electron chi connectivity index (χ0n) is 4.57. The molecule has 0 aromatic rings. The predicted octanol–water partition coefficient (Wildman–Crippen LogP) is -0.397. The summed E-state index contributed by atoms with van der Waals surface area (Å²) in [5.74, 6) is 0. The van der Waals surface area contributed by atoms with E-state index in [1.165, 1.54) is 0 Å². The van der Waals surface area contributed by atoms with Gasteiger partial charge in [-0.25, -0.2) is 0 Å². The van der Waals surface area contributed by atoms with Gasteiger partial charge < -0.3 is 0 Å². The molecule has 0 amide bonds. The molecule has 0 aromatic carbocycles. The van der Waals surface area contributed by atoms with E-state index in [1.54, 1.807) is 0 Å². The van der Waals surface area contributed by atoms with E-state index < -0.39 is 24.6 Å². The van der Waals surface area contributed by atoms with Crippen LogP contribution in [0.25, 0.3) is 0 Å². The Morgan fingerprint density at radius 1 is 1.27 bits per heavy atom. The number of phosphoric acid groups is 1. The first-order chi connectivity index (χ1) is 4.91. The topological polar surface area (TPSA) is 118 Å². The normalized spacial score (nSPS) is 23.7. The molecule has 0 aromatic heterocycles. The molecule has 9 nitrogen and oxygen atoms in total. The summed E-state index contributed by atoms with van der Waals surface area (Å²) in [4.78, 5) is 0. The fourth-order valence-electron chi connectivity index (χ4n) is 0.252. The van der Waals surface area contributed by atoms with Gasteiger partial charge in [-0.3, -0.25) is 0 Å². The Bertz CT molecular complexity index is 262. The minimum absolute atomic E-state index is 3.44. The maximum absolute atomic E-state index is 10.6. The van der Waals surface area contributed by atoms with Crippen LogP contribution in [0.3, 0.4) is 0 Å². The van der Waals surface area contributed by atoms with Gasteiger partial charge >= 0.3 is 62.3 Å². The van der Waals surface area contributed by atoms with E-state index in [-0.39, 0.29) is 0 Å². The monoisotopic (exact) mass is 360 g/mol. The van der Waals surface area contributed by atoms with Gasteiger partial charge in [-0.15, -0.1) is 0 Å². The molecule has 0 saturated carbocycles. The summed E-state index contributed by atoms with van der Waals surface area (Å²) in [7, 11) is -4.42. The molecule has 1 rings (SSSR count). The quantitative estimate of drug-likeness (QED) is 0.519. The Kier molecular flexibility index (Phi) is 2.52. The second-order valence-electron chi connectivity index (χ2n) is 1.23. The van der Waals surface area contributed by atoms with Crippen molar-refractivity contribution in [1.82, 2.24) is 0 Å². The van der Waals surface area contributed by atoms with Gasteiger partial charge in [-0.2, -0.15) is 0 Å². The van der Waals surface area contributed by atoms with Crippen molar-refractivity contribution in [3.8, 4) is 0 Å². The van der Waals surface area contributed by atoms with Gasteiger partial charge in [0.1, 0.15) is 0 Å². The van der Waals surface area contributed by atoms with Gasteiger partial charge in [0.05, 0.1) is 0 Å². The summed E-state index contributed by atoms with van der Waals surface area (Å²) in [6.45, 7) is 0. The van der Waals surface area contributed by atoms with E-state index in [0.29, 0.717) is 0 Å². The summed E-state index contributed by atoms with van der Waals surface area (Å²) in [5, 5.41) is 6.88. The van der Waals surface area contributed by atoms with Gasteiger partial charge in [0, 0.05) is 0 Å². The first-order valence-corrected chi connectivity index (χ1v) is 8.28. The van der Waals surface area contributed by atoms with E-state index in [9.17, 15) is 11.4 Å². The van der Waals surface area contributed by atoms with Crippen LogP contribution >= 0.6 is 7.82 Å². The molecule has 1 fully saturated rings. The summed E-state index contributed by atoms with van der Waals surface area (Å²) in [6.07, 6.45) is 0. The number of rotatable bonds is 2. The zero-order valence-corrected chi connectivity index (χ0v) is 8.40. The molecule has 1 aliphatic rings. The Morgan fingerprint density at radius 2 is 1.73 bits per heavy atom. The zero-order chi connectivity index (χ0) is 8.54. The summed E-state index contributed by atoms with van der Waals surface area (Å²) < 4.78 is 49.4. The van der Waals surface area contributed by atoms with E-state index >= 15 is 0 Å². The van der Waals surface area contributed by atoms with Crippen LogP contribution in [-0.4, -0.2) is 3.76 Å². The molecule has 1 N–H and O–H groups in total. The molecule has 0 unspecified atom stereocenters. The second-order valence-corrected chi connectivity index (χ2v) is 7.26. The maximum atomic E-state index is 10.6. The van der Waals surface area contributed by atoms with E-state index in [2.05, 4.69) is 22.6 Å². The third kappa shape index (κ3) is 3.02. The van der Waals surface area contributed by atoms with E-state index in [1.807, 2.05) is 0 Å². The Hall–Kier alpha value is 0.278. The average molecular weight is 360 g/mol. The molecule has 0 radical (unpaired) electrons. The minimum atomic E-state index is -6.13. The molecule has 1 saturated heterocycles. The molecular weight excluding hydrogens is 359 g/mol. The van der Waals surface area contributed by atoms with Crippen molar-refractivity contribution in [3.05, 3.63) is 0 Å². The van der Waals surface area contributed by atoms with Crippen molar-refractivity contribution in [2.75, 3.05) is 0 Å². The van der Waals surface area contributed by atoms with Crippen LogP contribution in [0.15, 0.2) is 0 Å². The third-order valence-corrected chi connectivity index (χ3v) is 5.31. The summed E-state index contributed by atoms with van der Waals surface area (Å²) in [5.41, 5.74) is 0. The Labute approximate surface area is 62.9 Å². The van der Waals surface area contributed by atoms with Crippen molar-refractivity contribution >= 4 is 7.82 Å². The molecule has 0 bridgehead atoms. The average Bonchev–Trinajstić information content (AvgIpc) is 2.09. The molecular formula is HO9PW. The predicted molar refractivity (Wildman–Crippen MR) is 16.6 cm³/mol. The van der Waals surface area contributed by atoms with Crippen molar-refractivity contribution < 1.29 is 54.5 Å². The first-order valence-electron chi connectivity index (χ1n) is 1.91. The van der Waals surface area contributed by atoms with Crippen LogP contribution in [-0.2, 0) is 50.7 Å². The van der Waals surface area contributed by atoms with Crippen LogP contribution < -0.4 is 0 Å². The Morgan fingerprint density at radius 3 is 2.09 bits per heavy atom. The third-order valence-electron chi connectivity index (χ3n) is 0.457. The van der Waals surface area contributed by atoms with Crippen LogP contribution in [0.2, 0.25) is 0 Å². The summed E-state index contributed by atoms with van der Waals surface area (Å²) >= 11 is -6.13. The fourth-order valence-corrected chi connectivity index (χ4v) is 3.78. The first kappa shape index (κ1) is 9.37. The molecule has 0 atom stereocenters. The van der Waals surface area contributed by atoms with Crippen LogP contribution in [0, 0.1) is 0 Å². The molecule has 66 valence electrons. The summed E-state index contributed by atoms with van der Waals surface area (Å²) in [6, 6.07) is 0. The molecule has 0 spiro atoms. The van der Waals surface area contributed by atoms with E-state index in [4.69, 9.17) is 3.76 Å². The van der Waals surface area contributed by atoms with Crippen molar-refractivity contribution in [1.29, 1.82) is 0 Å². The molecule has 0 aliphatic carbocycles. The van der Waals surface area contributed by atoms with Gasteiger partial charge in [0.2, 0.25) is 0 Å². The molecule has 11 heteroatoms. The number of hydrogen-bond acceptors (Lipinski definition) is 8. The van der Waals surface area contributed by atoms with Crippen molar-refractivity contribution in [3.63, 3.8) is 0 Å². The SMILES string of the molecule is O=P1([O][W](=[O])(=[O])[OH])OOOO1. The van der Waals surface area contributed by atoms with Gasteiger partial charge in [-0.1, -0.05) is 0 Å². The van der Waals surface area contributed by atoms with Crippen LogP contribution in [0.5, 0.6) is 0 Å². The van der Waals surface area contributed by atoms with Crippen LogP contribution in [0.1, 0.15) is 0 Å². The van der Waals surface area contributed by atoms with Gasteiger partial charge in [0.25, 0.3) is 0 Å². The molecule has 1 heterocycles. The van der Waals surface area contributed by atoms with E-state index in [0.717, 1.165) is 0 Å². The second kappa shape index (κ2) is 2.96. The molecule has 11 heavy (non-hydrogen) atoms. The standard InChI is InChI=1S/HO6P.H2O.2O.W/c1-7(2)5-3-4-6-7;;;;/h(H,1,2);1H2;;;/q;;;;+2/p-2. The fraction of sp³-hybridized carbons (Fsp3) is 0.